The van der Waals surface area contributed by atoms with E-state index in [9.17, 15) is 14.4 Å². The maximum absolute atomic E-state index is 12.0. The predicted molar refractivity (Wildman–Crippen MR) is 93.9 cm³/mol. The molecule has 2 aromatic rings. The van der Waals surface area contributed by atoms with E-state index in [4.69, 9.17) is 14.2 Å². The minimum Gasteiger partial charge on any atom is -0.459 e. The van der Waals surface area contributed by atoms with Crippen molar-refractivity contribution < 1.29 is 28.6 Å². The van der Waals surface area contributed by atoms with Crippen LogP contribution >= 0.6 is 0 Å². The van der Waals surface area contributed by atoms with Gasteiger partial charge in [0.25, 0.3) is 0 Å². The van der Waals surface area contributed by atoms with Crippen molar-refractivity contribution >= 4 is 17.7 Å². The molecular formula is C20H20O6. The fraction of sp³-hybridized carbons (Fsp3) is 0.250. The van der Waals surface area contributed by atoms with E-state index in [-0.39, 0.29) is 25.6 Å². The molecule has 2 rings (SSSR count). The fourth-order valence-corrected chi connectivity index (χ4v) is 2.03. The number of rotatable bonds is 9. The van der Waals surface area contributed by atoms with Crippen molar-refractivity contribution in [2.24, 2.45) is 0 Å². The Morgan fingerprint density at radius 2 is 1.19 bits per heavy atom. The summed E-state index contributed by atoms with van der Waals surface area (Å²) in [4.78, 5) is 35.1. The first-order valence-electron chi connectivity index (χ1n) is 8.11. The number of carbonyl (C=O) groups excluding carboxylic acids is 3. The van der Waals surface area contributed by atoms with Gasteiger partial charge in [-0.3, -0.25) is 4.79 Å². The molecule has 0 fully saturated rings. The molecular weight excluding hydrogens is 336 g/mol. The lowest BCUT2D eigenvalue weighted by molar-refractivity contribution is -0.125. The molecule has 0 saturated heterocycles. The SMILES string of the molecule is CC(=O)COC(COC(=O)c1ccccc1)COC(=O)c1ccccc1. The van der Waals surface area contributed by atoms with E-state index in [1.54, 1.807) is 60.7 Å². The number of esters is 2. The maximum Gasteiger partial charge on any atom is 0.338 e. The third-order valence-electron chi connectivity index (χ3n) is 3.34. The third kappa shape index (κ3) is 6.49. The first-order valence-corrected chi connectivity index (χ1v) is 8.11. The molecule has 6 nitrogen and oxygen atoms in total. The van der Waals surface area contributed by atoms with Crippen LogP contribution in [0.1, 0.15) is 27.6 Å². The minimum absolute atomic E-state index is 0.136. The summed E-state index contributed by atoms with van der Waals surface area (Å²) < 4.78 is 15.8. The Balaban J connectivity index is 1.89. The van der Waals surface area contributed by atoms with Gasteiger partial charge in [-0.2, -0.15) is 0 Å². The summed E-state index contributed by atoms with van der Waals surface area (Å²) in [6.07, 6.45) is -0.737. The van der Waals surface area contributed by atoms with Gasteiger partial charge in [0, 0.05) is 0 Å². The van der Waals surface area contributed by atoms with Crippen molar-refractivity contribution in [3.05, 3.63) is 71.8 Å². The van der Waals surface area contributed by atoms with Crippen molar-refractivity contribution in [1.82, 2.24) is 0 Å². The van der Waals surface area contributed by atoms with Crippen molar-refractivity contribution in [2.75, 3.05) is 19.8 Å². The molecule has 0 spiro atoms. The van der Waals surface area contributed by atoms with Crippen molar-refractivity contribution in [3.8, 4) is 0 Å². The number of Topliss-reactive ketones (excluding diaryl/α,β-unsaturated/α-hetero) is 1. The highest BCUT2D eigenvalue weighted by molar-refractivity contribution is 5.89. The highest BCUT2D eigenvalue weighted by Crippen LogP contribution is 2.06. The number of benzene rings is 2. The number of ketones is 1. The smallest absolute Gasteiger partial charge is 0.338 e. The molecule has 0 bridgehead atoms. The summed E-state index contributed by atoms with van der Waals surface area (Å²) in [6, 6.07) is 17.0. The second-order valence-electron chi connectivity index (χ2n) is 5.56. The molecule has 0 aliphatic heterocycles. The van der Waals surface area contributed by atoms with Gasteiger partial charge in [-0.25, -0.2) is 9.59 Å². The molecule has 0 unspecified atom stereocenters. The molecule has 0 aliphatic carbocycles. The Kier molecular flexibility index (Phi) is 7.51. The minimum atomic E-state index is -0.737. The van der Waals surface area contributed by atoms with Gasteiger partial charge < -0.3 is 14.2 Å². The molecule has 26 heavy (non-hydrogen) atoms. The number of carbonyl (C=O) groups is 3. The molecule has 136 valence electrons. The van der Waals surface area contributed by atoms with Gasteiger partial charge in [0.15, 0.2) is 5.78 Å². The van der Waals surface area contributed by atoms with Crippen LogP contribution in [0.3, 0.4) is 0 Å². The summed E-state index contributed by atoms with van der Waals surface area (Å²) in [5.74, 6) is -1.22. The van der Waals surface area contributed by atoms with Crippen LogP contribution in [0.25, 0.3) is 0 Å². The van der Waals surface area contributed by atoms with Crippen molar-refractivity contribution in [1.29, 1.82) is 0 Å². The van der Waals surface area contributed by atoms with Gasteiger partial charge in [0.1, 0.15) is 25.9 Å². The molecule has 0 saturated carbocycles. The van der Waals surface area contributed by atoms with Gasteiger partial charge in [0.2, 0.25) is 0 Å². The fourth-order valence-electron chi connectivity index (χ4n) is 2.03. The lowest BCUT2D eigenvalue weighted by Gasteiger charge is -2.17. The van der Waals surface area contributed by atoms with E-state index in [0.717, 1.165) is 0 Å². The predicted octanol–water partition coefficient (Wildman–Crippen LogP) is 2.67. The van der Waals surface area contributed by atoms with Gasteiger partial charge in [-0.15, -0.1) is 0 Å². The van der Waals surface area contributed by atoms with Crippen LogP contribution in [0.15, 0.2) is 60.7 Å². The molecule has 2 aromatic carbocycles. The highest BCUT2D eigenvalue weighted by atomic mass is 16.6. The molecule has 0 amide bonds. The summed E-state index contributed by atoms with van der Waals surface area (Å²) in [5.41, 5.74) is 0.804. The average Bonchev–Trinajstić information content (AvgIpc) is 2.68. The van der Waals surface area contributed by atoms with E-state index in [2.05, 4.69) is 0 Å². The second kappa shape index (κ2) is 10.1. The normalized spacial score (nSPS) is 10.4. The Bertz CT molecular complexity index is 671. The lowest BCUT2D eigenvalue weighted by atomic mass is 10.2. The van der Waals surface area contributed by atoms with Crippen molar-refractivity contribution in [2.45, 2.75) is 13.0 Å². The van der Waals surface area contributed by atoms with E-state index < -0.39 is 18.0 Å². The second-order valence-corrected chi connectivity index (χ2v) is 5.56. The summed E-state index contributed by atoms with van der Waals surface area (Å²) in [6.45, 7) is 0.950. The van der Waals surface area contributed by atoms with Crippen LogP contribution in [0.4, 0.5) is 0 Å². The Morgan fingerprint density at radius 1 is 0.769 bits per heavy atom. The number of hydrogen-bond donors (Lipinski definition) is 0. The first-order chi connectivity index (χ1) is 12.6. The van der Waals surface area contributed by atoms with E-state index in [1.807, 2.05) is 0 Å². The van der Waals surface area contributed by atoms with Crippen LogP contribution in [0.5, 0.6) is 0 Å². The molecule has 0 atom stereocenters. The van der Waals surface area contributed by atoms with E-state index in [1.165, 1.54) is 6.92 Å². The van der Waals surface area contributed by atoms with E-state index >= 15 is 0 Å². The average molecular weight is 356 g/mol. The van der Waals surface area contributed by atoms with Gasteiger partial charge in [-0.1, -0.05) is 36.4 Å². The number of hydrogen-bond acceptors (Lipinski definition) is 6. The van der Waals surface area contributed by atoms with Gasteiger partial charge in [0.05, 0.1) is 11.1 Å². The van der Waals surface area contributed by atoms with Crippen LogP contribution in [0, 0.1) is 0 Å². The Morgan fingerprint density at radius 3 is 1.58 bits per heavy atom. The van der Waals surface area contributed by atoms with Crippen LogP contribution < -0.4 is 0 Å². The Labute approximate surface area is 151 Å². The monoisotopic (exact) mass is 356 g/mol. The zero-order valence-electron chi connectivity index (χ0n) is 14.4. The van der Waals surface area contributed by atoms with Crippen LogP contribution in [0.2, 0.25) is 0 Å². The van der Waals surface area contributed by atoms with Gasteiger partial charge in [-0.05, 0) is 31.2 Å². The first kappa shape index (κ1) is 19.3. The maximum atomic E-state index is 12.0. The highest BCUT2D eigenvalue weighted by Gasteiger charge is 2.17. The third-order valence-corrected chi connectivity index (χ3v) is 3.34. The summed E-state index contributed by atoms with van der Waals surface area (Å²) >= 11 is 0. The van der Waals surface area contributed by atoms with Crippen LogP contribution in [-0.4, -0.2) is 43.6 Å². The lowest BCUT2D eigenvalue weighted by Crippen LogP contribution is -2.30. The molecule has 0 N–H and O–H groups in total. The zero-order valence-corrected chi connectivity index (χ0v) is 14.4. The summed E-state index contributed by atoms with van der Waals surface area (Å²) in [7, 11) is 0. The molecule has 0 aromatic heterocycles. The molecule has 0 radical (unpaired) electrons. The zero-order chi connectivity index (χ0) is 18.8. The molecule has 6 heteroatoms. The van der Waals surface area contributed by atoms with Crippen LogP contribution in [-0.2, 0) is 19.0 Å². The van der Waals surface area contributed by atoms with Crippen molar-refractivity contribution in [3.63, 3.8) is 0 Å². The molecule has 0 heterocycles. The molecule has 0 aliphatic rings. The number of ether oxygens (including phenoxy) is 3. The topological polar surface area (TPSA) is 78.9 Å². The Hall–Kier alpha value is -2.99. The standard InChI is InChI=1S/C20H20O6/c1-15(21)12-24-18(13-25-19(22)16-8-4-2-5-9-16)14-26-20(23)17-10-6-3-7-11-17/h2-11,18H,12-14H2,1H3. The summed E-state index contributed by atoms with van der Waals surface area (Å²) in [5, 5.41) is 0. The van der Waals surface area contributed by atoms with E-state index in [0.29, 0.717) is 11.1 Å². The van der Waals surface area contributed by atoms with Gasteiger partial charge >= 0.3 is 11.9 Å². The quantitative estimate of drug-likeness (QED) is 0.643. The largest absolute Gasteiger partial charge is 0.459 e.